The largest absolute Gasteiger partial charge is 0.361 e. The Balaban J connectivity index is 1.77. The van der Waals surface area contributed by atoms with Gasteiger partial charge in [0.2, 0.25) is 0 Å². The molecule has 0 saturated carbocycles. The molecule has 5 nitrogen and oxygen atoms in total. The fraction of sp³-hybridized carbons (Fsp3) is 0.333. The standard InChI is InChI=1S/C15H18FN3O2/c1-11-9-13(18-21-11)10-19(2)15(20)17-8-7-12-5-3-4-6-14(12)16/h3-6,9H,7-8,10H2,1-2H3,(H,17,20). The number of urea groups is 1. The molecule has 1 aromatic heterocycles. The molecule has 1 heterocycles. The molecule has 2 aromatic rings. The predicted molar refractivity (Wildman–Crippen MR) is 76.2 cm³/mol. The third-order valence-electron chi connectivity index (χ3n) is 3.05. The lowest BCUT2D eigenvalue weighted by Crippen LogP contribution is -2.37. The number of amides is 2. The van der Waals surface area contributed by atoms with Gasteiger partial charge >= 0.3 is 6.03 Å². The van der Waals surface area contributed by atoms with Crippen molar-refractivity contribution in [1.29, 1.82) is 0 Å². The van der Waals surface area contributed by atoms with Gasteiger partial charge in [0.05, 0.1) is 6.54 Å². The summed E-state index contributed by atoms with van der Waals surface area (Å²) in [6, 6.07) is 8.10. The topological polar surface area (TPSA) is 58.4 Å². The molecule has 2 rings (SSSR count). The van der Waals surface area contributed by atoms with E-state index >= 15 is 0 Å². The highest BCUT2D eigenvalue weighted by Crippen LogP contribution is 2.07. The molecule has 0 aliphatic heterocycles. The van der Waals surface area contributed by atoms with Gasteiger partial charge in [-0.1, -0.05) is 23.4 Å². The average Bonchev–Trinajstić information content (AvgIpc) is 2.86. The van der Waals surface area contributed by atoms with Crippen LogP contribution in [0.2, 0.25) is 0 Å². The normalized spacial score (nSPS) is 10.4. The molecule has 0 fully saturated rings. The van der Waals surface area contributed by atoms with Crippen molar-refractivity contribution in [2.45, 2.75) is 19.9 Å². The number of aryl methyl sites for hydroxylation is 1. The Kier molecular flexibility index (Phi) is 4.92. The molecule has 6 heteroatoms. The first-order chi connectivity index (χ1) is 10.1. The lowest BCUT2D eigenvalue weighted by atomic mass is 10.1. The van der Waals surface area contributed by atoms with Crippen molar-refractivity contribution in [2.75, 3.05) is 13.6 Å². The molecule has 112 valence electrons. The Morgan fingerprint density at radius 2 is 2.19 bits per heavy atom. The van der Waals surface area contributed by atoms with Gasteiger partial charge in [-0.25, -0.2) is 9.18 Å². The molecule has 0 saturated heterocycles. The van der Waals surface area contributed by atoms with Crippen LogP contribution in [0.3, 0.4) is 0 Å². The van der Waals surface area contributed by atoms with Gasteiger partial charge in [-0.3, -0.25) is 0 Å². The monoisotopic (exact) mass is 291 g/mol. The highest BCUT2D eigenvalue weighted by Gasteiger charge is 2.11. The van der Waals surface area contributed by atoms with Crippen LogP contribution in [0, 0.1) is 12.7 Å². The maximum Gasteiger partial charge on any atom is 0.317 e. The molecule has 0 aliphatic rings. The van der Waals surface area contributed by atoms with Gasteiger partial charge in [0.15, 0.2) is 0 Å². The molecule has 0 bridgehead atoms. The zero-order valence-corrected chi connectivity index (χ0v) is 12.1. The molecule has 1 aromatic carbocycles. The molecule has 2 amide bonds. The number of aromatic nitrogens is 1. The van der Waals surface area contributed by atoms with E-state index in [1.807, 2.05) is 0 Å². The van der Waals surface area contributed by atoms with E-state index in [4.69, 9.17) is 4.52 Å². The second kappa shape index (κ2) is 6.88. The molecular formula is C15H18FN3O2. The van der Waals surface area contributed by atoms with E-state index in [1.165, 1.54) is 11.0 Å². The van der Waals surface area contributed by atoms with Gasteiger partial charge in [0, 0.05) is 19.7 Å². The summed E-state index contributed by atoms with van der Waals surface area (Å²) in [6.07, 6.45) is 0.454. The van der Waals surface area contributed by atoms with Crippen molar-refractivity contribution in [3.05, 3.63) is 53.2 Å². The van der Waals surface area contributed by atoms with Gasteiger partial charge in [0.1, 0.15) is 17.3 Å². The van der Waals surface area contributed by atoms with E-state index < -0.39 is 0 Å². The summed E-state index contributed by atoms with van der Waals surface area (Å²) in [7, 11) is 1.67. The molecule has 0 spiro atoms. The average molecular weight is 291 g/mol. The summed E-state index contributed by atoms with van der Waals surface area (Å²) in [5, 5.41) is 6.58. The van der Waals surface area contributed by atoms with Gasteiger partial charge in [-0.15, -0.1) is 0 Å². The van der Waals surface area contributed by atoms with Crippen LogP contribution in [-0.4, -0.2) is 29.7 Å². The minimum absolute atomic E-state index is 0.230. The number of nitrogens with one attached hydrogen (secondary N) is 1. The van der Waals surface area contributed by atoms with E-state index in [2.05, 4.69) is 10.5 Å². The second-order valence-electron chi connectivity index (χ2n) is 4.86. The van der Waals surface area contributed by atoms with Crippen molar-refractivity contribution < 1.29 is 13.7 Å². The lowest BCUT2D eigenvalue weighted by Gasteiger charge is -2.16. The molecule has 0 unspecified atom stereocenters. The number of hydrogen-bond acceptors (Lipinski definition) is 3. The second-order valence-corrected chi connectivity index (χ2v) is 4.86. The summed E-state index contributed by atoms with van der Waals surface area (Å²) in [5.74, 6) is 0.455. The third-order valence-corrected chi connectivity index (χ3v) is 3.05. The van der Waals surface area contributed by atoms with Crippen LogP contribution >= 0.6 is 0 Å². The first-order valence-electron chi connectivity index (χ1n) is 6.71. The van der Waals surface area contributed by atoms with Crippen LogP contribution < -0.4 is 5.32 Å². The van der Waals surface area contributed by atoms with Crippen LogP contribution in [0.15, 0.2) is 34.9 Å². The van der Waals surface area contributed by atoms with Crippen molar-refractivity contribution in [1.82, 2.24) is 15.4 Å². The van der Waals surface area contributed by atoms with Gasteiger partial charge in [-0.05, 0) is 25.0 Å². The van der Waals surface area contributed by atoms with Crippen molar-refractivity contribution >= 4 is 6.03 Å². The quantitative estimate of drug-likeness (QED) is 0.921. The number of benzene rings is 1. The van der Waals surface area contributed by atoms with E-state index in [0.29, 0.717) is 36.5 Å². The highest BCUT2D eigenvalue weighted by molar-refractivity contribution is 5.73. The minimum Gasteiger partial charge on any atom is -0.361 e. The zero-order chi connectivity index (χ0) is 15.2. The molecule has 0 aliphatic carbocycles. The number of nitrogens with zero attached hydrogens (tertiary/aromatic N) is 2. The van der Waals surface area contributed by atoms with Crippen LogP contribution in [0.25, 0.3) is 0 Å². The summed E-state index contributed by atoms with van der Waals surface area (Å²) >= 11 is 0. The van der Waals surface area contributed by atoms with Gasteiger partial charge in [0.25, 0.3) is 0 Å². The maximum absolute atomic E-state index is 13.4. The number of rotatable bonds is 5. The summed E-state index contributed by atoms with van der Waals surface area (Å²) < 4.78 is 18.4. The predicted octanol–water partition coefficient (Wildman–Crippen LogP) is 2.51. The van der Waals surface area contributed by atoms with Crippen molar-refractivity contribution in [3.63, 3.8) is 0 Å². The summed E-state index contributed by atoms with van der Waals surface area (Å²) in [6.45, 7) is 2.54. The first kappa shape index (κ1) is 15.0. The number of carbonyl (C=O) groups excluding carboxylic acids is 1. The van der Waals surface area contributed by atoms with Crippen LogP contribution in [0.5, 0.6) is 0 Å². The minimum atomic E-state index is -0.252. The summed E-state index contributed by atoms with van der Waals surface area (Å²) in [5.41, 5.74) is 1.28. The Morgan fingerprint density at radius 1 is 1.43 bits per heavy atom. The molecule has 0 atom stereocenters. The number of hydrogen-bond donors (Lipinski definition) is 1. The highest BCUT2D eigenvalue weighted by atomic mass is 19.1. The molecular weight excluding hydrogens is 273 g/mol. The van der Waals surface area contributed by atoms with E-state index in [0.717, 1.165) is 0 Å². The third kappa shape index (κ3) is 4.30. The Hall–Kier alpha value is -2.37. The zero-order valence-electron chi connectivity index (χ0n) is 12.1. The number of halogens is 1. The smallest absolute Gasteiger partial charge is 0.317 e. The Labute approximate surface area is 122 Å². The van der Waals surface area contributed by atoms with Gasteiger partial charge in [-0.2, -0.15) is 0 Å². The van der Waals surface area contributed by atoms with Crippen LogP contribution in [0.4, 0.5) is 9.18 Å². The Bertz CT molecular complexity index is 612. The van der Waals surface area contributed by atoms with Crippen molar-refractivity contribution in [3.8, 4) is 0 Å². The fourth-order valence-electron chi connectivity index (χ4n) is 1.95. The van der Waals surface area contributed by atoms with Crippen molar-refractivity contribution in [2.24, 2.45) is 0 Å². The Morgan fingerprint density at radius 3 is 2.86 bits per heavy atom. The molecule has 1 N–H and O–H groups in total. The van der Waals surface area contributed by atoms with E-state index in [9.17, 15) is 9.18 Å². The van der Waals surface area contributed by atoms with E-state index in [1.54, 1.807) is 38.2 Å². The SMILES string of the molecule is Cc1cc(CN(C)C(=O)NCCc2ccccc2F)no1. The molecule has 21 heavy (non-hydrogen) atoms. The first-order valence-corrected chi connectivity index (χ1v) is 6.71. The fourth-order valence-corrected chi connectivity index (χ4v) is 1.95. The number of carbonyl (C=O) groups is 1. The molecule has 0 radical (unpaired) electrons. The van der Waals surface area contributed by atoms with Crippen LogP contribution in [0.1, 0.15) is 17.0 Å². The summed E-state index contributed by atoms with van der Waals surface area (Å²) in [4.78, 5) is 13.4. The van der Waals surface area contributed by atoms with Gasteiger partial charge < -0.3 is 14.7 Å². The van der Waals surface area contributed by atoms with E-state index in [-0.39, 0.29) is 11.8 Å². The van der Waals surface area contributed by atoms with Crippen LogP contribution in [-0.2, 0) is 13.0 Å². The lowest BCUT2D eigenvalue weighted by molar-refractivity contribution is 0.205. The maximum atomic E-state index is 13.4.